The summed E-state index contributed by atoms with van der Waals surface area (Å²) in [5.74, 6) is -1.08. The molecule has 0 aliphatic heterocycles. The van der Waals surface area contributed by atoms with E-state index < -0.39 is 22.2 Å². The van der Waals surface area contributed by atoms with E-state index in [2.05, 4.69) is 40.7 Å². The predicted octanol–water partition coefficient (Wildman–Crippen LogP) is 6.68. The Balaban J connectivity index is 1.89. The predicted molar refractivity (Wildman–Crippen MR) is 139 cm³/mol. The van der Waals surface area contributed by atoms with Gasteiger partial charge in [-0.2, -0.15) is 5.26 Å². The highest BCUT2D eigenvalue weighted by Gasteiger charge is 2.63. The highest BCUT2D eigenvalue weighted by molar-refractivity contribution is 6.02. The molecule has 0 aromatic rings. The third kappa shape index (κ3) is 3.74. The second-order valence-electron chi connectivity index (χ2n) is 14.1. The molecule has 196 valence electrons. The Morgan fingerprint density at radius 3 is 2.22 bits per heavy atom. The van der Waals surface area contributed by atoms with Crippen molar-refractivity contribution in [3.63, 3.8) is 0 Å². The number of allylic oxidation sites excluding steroid dienone is 4. The van der Waals surface area contributed by atoms with Crippen LogP contribution in [-0.2, 0) is 14.4 Å². The van der Waals surface area contributed by atoms with Gasteiger partial charge in [0.25, 0.3) is 0 Å². The Morgan fingerprint density at radius 2 is 1.61 bits per heavy atom. The third-order valence-corrected chi connectivity index (χ3v) is 11.6. The van der Waals surface area contributed by atoms with Crippen molar-refractivity contribution in [2.24, 2.45) is 44.8 Å². The largest absolute Gasteiger partial charge is 0.481 e. The van der Waals surface area contributed by atoms with Crippen molar-refractivity contribution in [3.8, 4) is 6.07 Å². The first-order chi connectivity index (χ1) is 16.5. The van der Waals surface area contributed by atoms with E-state index >= 15 is 0 Å². The molecule has 4 rings (SSSR count). The molecular formula is C31H43NO4. The Labute approximate surface area is 216 Å². The quantitative estimate of drug-likeness (QED) is 0.439. The van der Waals surface area contributed by atoms with Gasteiger partial charge in [-0.1, -0.05) is 53.2 Å². The normalized spacial score (nSPS) is 44.7. The maximum absolute atomic E-state index is 14.0. The smallest absolute Gasteiger partial charge is 0.309 e. The number of hydrogen-bond donors (Lipinski definition) is 1. The Hall–Kier alpha value is -2.22. The van der Waals surface area contributed by atoms with E-state index in [-0.39, 0.29) is 45.7 Å². The summed E-state index contributed by atoms with van der Waals surface area (Å²) in [7, 11) is 0. The molecule has 0 spiro atoms. The summed E-state index contributed by atoms with van der Waals surface area (Å²) in [6, 6.07) is 2.13. The lowest BCUT2D eigenvalue weighted by atomic mass is 9.39. The number of nitrogens with zero attached hydrogens (tertiary/aromatic N) is 1. The van der Waals surface area contributed by atoms with Crippen molar-refractivity contribution < 1.29 is 19.5 Å². The molecule has 4 aliphatic carbocycles. The van der Waals surface area contributed by atoms with Crippen LogP contribution in [0, 0.1) is 56.2 Å². The molecule has 0 amide bonds. The minimum atomic E-state index is -0.830. The van der Waals surface area contributed by atoms with Crippen LogP contribution >= 0.6 is 0 Å². The number of aliphatic carboxylic acids is 1. The van der Waals surface area contributed by atoms with Gasteiger partial charge in [-0.15, -0.1) is 0 Å². The molecule has 2 fully saturated rings. The lowest BCUT2D eigenvalue weighted by Gasteiger charge is -2.63. The number of rotatable bonds is 1. The van der Waals surface area contributed by atoms with E-state index in [0.29, 0.717) is 19.3 Å². The molecule has 0 aromatic heterocycles. The van der Waals surface area contributed by atoms with E-state index in [0.717, 1.165) is 37.7 Å². The highest BCUT2D eigenvalue weighted by atomic mass is 16.4. The van der Waals surface area contributed by atoms with Crippen molar-refractivity contribution in [1.82, 2.24) is 0 Å². The monoisotopic (exact) mass is 493 g/mol. The average Bonchev–Trinajstić information content (AvgIpc) is 2.80. The van der Waals surface area contributed by atoms with Gasteiger partial charge in [0.15, 0.2) is 11.6 Å². The van der Waals surface area contributed by atoms with Crippen LogP contribution in [0.2, 0.25) is 0 Å². The molecule has 5 nitrogen and oxygen atoms in total. The molecule has 5 heteroatoms. The van der Waals surface area contributed by atoms with Crippen LogP contribution in [0.5, 0.6) is 0 Å². The van der Waals surface area contributed by atoms with Crippen molar-refractivity contribution in [1.29, 1.82) is 5.26 Å². The fourth-order valence-electron chi connectivity index (χ4n) is 8.42. The van der Waals surface area contributed by atoms with E-state index in [1.807, 2.05) is 26.0 Å². The fourth-order valence-corrected chi connectivity index (χ4v) is 8.42. The summed E-state index contributed by atoms with van der Waals surface area (Å²) < 4.78 is 0. The number of carbonyl (C=O) groups is 3. The van der Waals surface area contributed by atoms with Crippen molar-refractivity contribution in [3.05, 3.63) is 23.3 Å². The topological polar surface area (TPSA) is 95.2 Å². The van der Waals surface area contributed by atoms with Gasteiger partial charge < -0.3 is 5.11 Å². The van der Waals surface area contributed by atoms with Crippen LogP contribution in [-0.4, -0.2) is 22.6 Å². The number of hydrogen-bond acceptors (Lipinski definition) is 4. The first-order valence-corrected chi connectivity index (χ1v) is 13.7. The molecular weight excluding hydrogens is 450 g/mol. The van der Waals surface area contributed by atoms with E-state index in [4.69, 9.17) is 0 Å². The third-order valence-electron chi connectivity index (χ3n) is 11.6. The number of ketones is 2. The van der Waals surface area contributed by atoms with E-state index in [1.165, 1.54) is 0 Å². The van der Waals surface area contributed by atoms with Crippen molar-refractivity contribution in [2.75, 3.05) is 0 Å². The standard InChI is InChI=1S/C31H43NO4/c1-19-21-9-11-31(7)24(29(21,5)17-20(18-32)25(19)34)16-23(33)22-8-10-27(2,3)12-13-28(4,26(35)36)14-15-30(22,31)6/h16-17,19,21-22H,8-15H2,1-7H3,(H,35,36)/t19-,21-,22?,28-,29-,30+,31+/m0/s1. The van der Waals surface area contributed by atoms with Gasteiger partial charge in [-0.3, -0.25) is 14.4 Å². The second-order valence-corrected chi connectivity index (χ2v) is 14.1. The van der Waals surface area contributed by atoms with Gasteiger partial charge in [0.1, 0.15) is 6.07 Å². The molecule has 0 saturated heterocycles. The van der Waals surface area contributed by atoms with Gasteiger partial charge in [0.05, 0.1) is 11.0 Å². The number of nitriles is 1. The average molecular weight is 494 g/mol. The van der Waals surface area contributed by atoms with E-state index in [9.17, 15) is 24.8 Å². The molecule has 1 N–H and O–H groups in total. The zero-order valence-electron chi connectivity index (χ0n) is 23.2. The molecule has 7 atom stereocenters. The molecule has 4 aliphatic rings. The van der Waals surface area contributed by atoms with Gasteiger partial charge in [-0.05, 0) is 86.5 Å². The van der Waals surface area contributed by atoms with Crippen molar-refractivity contribution in [2.45, 2.75) is 99.8 Å². The molecule has 0 bridgehead atoms. The molecule has 0 heterocycles. The molecule has 2 saturated carbocycles. The van der Waals surface area contributed by atoms with Gasteiger partial charge >= 0.3 is 5.97 Å². The van der Waals surface area contributed by atoms with Crippen LogP contribution in [0.15, 0.2) is 23.3 Å². The molecule has 1 unspecified atom stereocenters. The number of carboxylic acids is 1. The van der Waals surface area contributed by atoms with E-state index in [1.54, 1.807) is 0 Å². The van der Waals surface area contributed by atoms with Crippen LogP contribution < -0.4 is 0 Å². The summed E-state index contributed by atoms with van der Waals surface area (Å²) in [5.41, 5.74) is -0.877. The highest BCUT2D eigenvalue weighted by Crippen LogP contribution is 2.69. The second kappa shape index (κ2) is 8.40. The van der Waals surface area contributed by atoms with Crippen molar-refractivity contribution >= 4 is 17.5 Å². The minimum Gasteiger partial charge on any atom is -0.481 e. The maximum Gasteiger partial charge on any atom is 0.309 e. The summed E-state index contributed by atoms with van der Waals surface area (Å²) in [6.45, 7) is 14.8. The summed E-state index contributed by atoms with van der Waals surface area (Å²) in [6.07, 6.45) is 9.81. The lowest BCUT2D eigenvalue weighted by Crippen LogP contribution is -2.58. The maximum atomic E-state index is 14.0. The fraction of sp³-hybridized carbons (Fsp3) is 0.742. The minimum absolute atomic E-state index is 0.0344. The summed E-state index contributed by atoms with van der Waals surface area (Å²) in [5, 5.41) is 20.0. The Morgan fingerprint density at radius 1 is 0.972 bits per heavy atom. The van der Waals surface area contributed by atoms with Gasteiger partial charge in [0, 0.05) is 17.3 Å². The van der Waals surface area contributed by atoms with Crippen LogP contribution in [0.1, 0.15) is 99.8 Å². The summed E-state index contributed by atoms with van der Waals surface area (Å²) in [4.78, 5) is 39.3. The molecule has 0 aromatic carbocycles. The summed E-state index contributed by atoms with van der Waals surface area (Å²) >= 11 is 0. The Kier molecular flexibility index (Phi) is 6.26. The zero-order chi connectivity index (χ0) is 26.9. The number of carbonyl (C=O) groups excluding carboxylic acids is 2. The molecule has 0 radical (unpaired) electrons. The SMILES string of the molecule is C[C@@H]1C(=O)C(C#N)=C[C@]2(C)C3=CC(=O)C4CCC(C)(C)CC[C@](C)(C(=O)O)CC[C@@]4(C)[C@]3(C)CC[C@@H]12. The molecule has 36 heavy (non-hydrogen) atoms. The zero-order valence-corrected chi connectivity index (χ0v) is 23.2. The van der Waals surface area contributed by atoms with Crippen LogP contribution in [0.4, 0.5) is 0 Å². The van der Waals surface area contributed by atoms with Gasteiger partial charge in [0.2, 0.25) is 0 Å². The van der Waals surface area contributed by atoms with Crippen LogP contribution in [0.3, 0.4) is 0 Å². The van der Waals surface area contributed by atoms with Gasteiger partial charge in [-0.25, -0.2) is 0 Å². The number of carboxylic acid groups (broad SMARTS) is 1. The Bertz CT molecular complexity index is 1110. The first kappa shape index (κ1) is 26.8. The lowest BCUT2D eigenvalue weighted by molar-refractivity contribution is -0.151. The number of fused-ring (bicyclic) bond motifs is 5. The number of Topliss-reactive ketones (excluding diaryl/α,β-unsaturated/α-hetero) is 1. The first-order valence-electron chi connectivity index (χ1n) is 13.7. The van der Waals surface area contributed by atoms with Crippen LogP contribution in [0.25, 0.3) is 0 Å².